The molecule has 1 fully saturated rings. The molecule has 0 aliphatic heterocycles. The highest BCUT2D eigenvalue weighted by Gasteiger charge is 2.26. The molecule has 2 rings (SSSR count). The molecule has 1 aliphatic rings. The van der Waals surface area contributed by atoms with E-state index in [0.29, 0.717) is 11.6 Å². The Kier molecular flexibility index (Phi) is 4.70. The average molecular weight is 296 g/mol. The minimum atomic E-state index is -3.53. The van der Waals surface area contributed by atoms with Gasteiger partial charge in [0.05, 0.1) is 5.69 Å². The molecule has 4 nitrogen and oxygen atoms in total. The van der Waals surface area contributed by atoms with E-state index in [2.05, 4.69) is 11.6 Å². The maximum atomic E-state index is 12.5. The number of nitrogens with one attached hydrogen (secondary N) is 1. The van der Waals surface area contributed by atoms with E-state index in [1.54, 1.807) is 18.2 Å². The van der Waals surface area contributed by atoms with Crippen molar-refractivity contribution in [3.05, 3.63) is 23.8 Å². The van der Waals surface area contributed by atoms with Gasteiger partial charge < -0.3 is 5.73 Å². The summed E-state index contributed by atoms with van der Waals surface area (Å²) in [5.41, 5.74) is 7.14. The quantitative estimate of drug-likeness (QED) is 0.665. The fourth-order valence-corrected chi connectivity index (χ4v) is 4.34. The van der Waals surface area contributed by atoms with Crippen LogP contribution in [0.2, 0.25) is 0 Å². The largest absolute Gasteiger partial charge is 0.398 e. The van der Waals surface area contributed by atoms with Gasteiger partial charge in [-0.25, -0.2) is 13.1 Å². The van der Waals surface area contributed by atoms with Crippen molar-refractivity contribution in [1.82, 2.24) is 4.72 Å². The molecule has 3 N–H and O–H groups in total. The number of rotatable bonds is 3. The van der Waals surface area contributed by atoms with Crippen LogP contribution >= 0.6 is 0 Å². The van der Waals surface area contributed by atoms with E-state index in [1.165, 1.54) is 12.8 Å². The van der Waals surface area contributed by atoms with Gasteiger partial charge in [0.2, 0.25) is 10.0 Å². The summed E-state index contributed by atoms with van der Waals surface area (Å²) in [6.45, 7) is 4.02. The average Bonchev–Trinajstić information content (AvgIpc) is 2.54. The summed E-state index contributed by atoms with van der Waals surface area (Å²) in [5.74, 6) is 0.374. The number of anilines is 1. The highest BCUT2D eigenvalue weighted by atomic mass is 32.2. The molecule has 20 heavy (non-hydrogen) atoms. The molecule has 5 heteroatoms. The van der Waals surface area contributed by atoms with Crippen molar-refractivity contribution in [3.8, 4) is 0 Å². The van der Waals surface area contributed by atoms with Gasteiger partial charge in [0, 0.05) is 6.04 Å². The lowest BCUT2D eigenvalue weighted by Gasteiger charge is -2.23. The third-order valence-electron chi connectivity index (χ3n) is 4.12. The van der Waals surface area contributed by atoms with Gasteiger partial charge in [-0.05, 0) is 43.4 Å². The molecule has 2 atom stereocenters. The Balaban J connectivity index is 2.21. The van der Waals surface area contributed by atoms with E-state index in [0.717, 1.165) is 24.8 Å². The van der Waals surface area contributed by atoms with Crippen molar-refractivity contribution in [2.45, 2.75) is 56.9 Å². The molecule has 1 aromatic carbocycles. The highest BCUT2D eigenvalue weighted by molar-refractivity contribution is 7.89. The molecular weight excluding hydrogens is 272 g/mol. The van der Waals surface area contributed by atoms with Crippen LogP contribution in [0.1, 0.15) is 44.6 Å². The van der Waals surface area contributed by atoms with Crippen LogP contribution in [0.4, 0.5) is 5.69 Å². The number of hydrogen-bond acceptors (Lipinski definition) is 3. The van der Waals surface area contributed by atoms with Gasteiger partial charge in [0.1, 0.15) is 4.90 Å². The summed E-state index contributed by atoms with van der Waals surface area (Å²) in [6.07, 6.45) is 5.45. The minimum absolute atomic E-state index is 0.0169. The molecule has 0 spiro atoms. The number of benzene rings is 1. The van der Waals surface area contributed by atoms with Crippen molar-refractivity contribution in [3.63, 3.8) is 0 Å². The van der Waals surface area contributed by atoms with E-state index in [-0.39, 0.29) is 10.9 Å². The number of nitrogen functional groups attached to an aromatic ring is 1. The van der Waals surface area contributed by atoms with Gasteiger partial charge in [-0.15, -0.1) is 0 Å². The Morgan fingerprint density at radius 1 is 1.20 bits per heavy atom. The molecule has 0 heterocycles. The Bertz CT molecular complexity index is 569. The molecule has 0 aromatic heterocycles. The number of sulfonamides is 1. The van der Waals surface area contributed by atoms with Crippen LogP contribution in [0.3, 0.4) is 0 Å². The zero-order chi connectivity index (χ0) is 14.8. The molecule has 1 aliphatic carbocycles. The molecular formula is C15H24N2O2S. The van der Waals surface area contributed by atoms with Gasteiger partial charge in [0.15, 0.2) is 0 Å². The summed E-state index contributed by atoms with van der Waals surface area (Å²) < 4.78 is 27.9. The third kappa shape index (κ3) is 3.52. The van der Waals surface area contributed by atoms with E-state index >= 15 is 0 Å². The predicted octanol–water partition coefficient (Wildman–Crippen LogP) is 2.82. The van der Waals surface area contributed by atoms with Crippen molar-refractivity contribution in [1.29, 1.82) is 0 Å². The topological polar surface area (TPSA) is 72.2 Å². The molecule has 112 valence electrons. The Morgan fingerprint density at radius 2 is 1.90 bits per heavy atom. The smallest absolute Gasteiger partial charge is 0.242 e. The summed E-state index contributed by atoms with van der Waals surface area (Å²) in [7, 11) is -3.53. The Hall–Kier alpha value is -1.07. The van der Waals surface area contributed by atoms with E-state index in [9.17, 15) is 8.42 Å². The van der Waals surface area contributed by atoms with Crippen molar-refractivity contribution in [2.75, 3.05) is 5.73 Å². The third-order valence-corrected chi connectivity index (χ3v) is 5.69. The monoisotopic (exact) mass is 296 g/mol. The first kappa shape index (κ1) is 15.3. The molecule has 0 saturated heterocycles. The maximum absolute atomic E-state index is 12.5. The van der Waals surface area contributed by atoms with Crippen LogP contribution in [0.25, 0.3) is 0 Å². The van der Waals surface area contributed by atoms with Gasteiger partial charge in [-0.1, -0.05) is 32.3 Å². The lowest BCUT2D eigenvalue weighted by molar-refractivity contribution is 0.399. The second-order valence-corrected chi connectivity index (χ2v) is 7.57. The molecule has 1 saturated carbocycles. The van der Waals surface area contributed by atoms with E-state index in [1.807, 2.05) is 6.92 Å². The first-order valence-corrected chi connectivity index (χ1v) is 8.77. The van der Waals surface area contributed by atoms with Crippen LogP contribution in [-0.2, 0) is 10.0 Å². The Morgan fingerprint density at radius 3 is 2.60 bits per heavy atom. The maximum Gasteiger partial charge on any atom is 0.242 e. The lowest BCUT2D eigenvalue weighted by Crippen LogP contribution is -2.39. The number of aryl methyl sites for hydroxylation is 1. The Labute approximate surface area is 121 Å². The van der Waals surface area contributed by atoms with E-state index in [4.69, 9.17) is 5.73 Å². The molecule has 0 radical (unpaired) electrons. The standard InChI is InChI=1S/C15H24N2O2S/c1-11-8-9-15(13(16)10-11)20(18,19)17-14-7-5-3-4-6-12(14)2/h8-10,12,14,17H,3-7,16H2,1-2H3. The number of hydrogen-bond donors (Lipinski definition) is 2. The summed E-state index contributed by atoms with van der Waals surface area (Å²) in [5, 5.41) is 0. The molecule has 1 aromatic rings. The van der Waals surface area contributed by atoms with Crippen LogP contribution in [-0.4, -0.2) is 14.5 Å². The van der Waals surface area contributed by atoms with Gasteiger partial charge >= 0.3 is 0 Å². The second-order valence-electron chi connectivity index (χ2n) is 5.88. The molecule has 2 unspecified atom stereocenters. The van der Waals surface area contributed by atoms with Crippen LogP contribution in [0, 0.1) is 12.8 Å². The summed E-state index contributed by atoms with van der Waals surface area (Å²) >= 11 is 0. The van der Waals surface area contributed by atoms with Crippen molar-refractivity contribution < 1.29 is 8.42 Å². The SMILES string of the molecule is Cc1ccc(S(=O)(=O)NC2CCCCCC2C)c(N)c1. The predicted molar refractivity (Wildman–Crippen MR) is 81.9 cm³/mol. The van der Waals surface area contributed by atoms with Crippen molar-refractivity contribution >= 4 is 15.7 Å². The lowest BCUT2D eigenvalue weighted by atomic mass is 9.98. The minimum Gasteiger partial charge on any atom is -0.398 e. The molecule has 0 bridgehead atoms. The molecule has 0 amide bonds. The van der Waals surface area contributed by atoms with Crippen LogP contribution < -0.4 is 10.5 Å². The van der Waals surface area contributed by atoms with Gasteiger partial charge in [0.25, 0.3) is 0 Å². The van der Waals surface area contributed by atoms with E-state index < -0.39 is 10.0 Å². The number of nitrogens with two attached hydrogens (primary N) is 1. The highest BCUT2D eigenvalue weighted by Crippen LogP contribution is 2.26. The van der Waals surface area contributed by atoms with Crippen molar-refractivity contribution in [2.24, 2.45) is 5.92 Å². The first-order valence-electron chi connectivity index (χ1n) is 7.28. The summed E-state index contributed by atoms with van der Waals surface area (Å²) in [6, 6.07) is 5.09. The van der Waals surface area contributed by atoms with Gasteiger partial charge in [-0.3, -0.25) is 0 Å². The second kappa shape index (κ2) is 6.14. The zero-order valence-corrected chi connectivity index (χ0v) is 13.0. The fourth-order valence-electron chi connectivity index (χ4n) is 2.84. The van der Waals surface area contributed by atoms with Gasteiger partial charge in [-0.2, -0.15) is 0 Å². The normalized spacial score (nSPS) is 24.3. The fraction of sp³-hybridized carbons (Fsp3) is 0.600. The zero-order valence-electron chi connectivity index (χ0n) is 12.2. The summed E-state index contributed by atoms with van der Waals surface area (Å²) in [4.78, 5) is 0.194. The van der Waals surface area contributed by atoms with Crippen LogP contribution in [0.5, 0.6) is 0 Å². The van der Waals surface area contributed by atoms with Crippen LogP contribution in [0.15, 0.2) is 23.1 Å². The first-order chi connectivity index (χ1) is 9.40.